The predicted molar refractivity (Wildman–Crippen MR) is 129 cm³/mol. The van der Waals surface area contributed by atoms with Gasteiger partial charge in [-0.3, -0.25) is 9.80 Å². The van der Waals surface area contributed by atoms with Crippen LogP contribution in [0.3, 0.4) is 0 Å². The van der Waals surface area contributed by atoms with Gasteiger partial charge in [0.15, 0.2) is 0 Å². The molecule has 0 saturated heterocycles. The monoisotopic (exact) mass is 434 g/mol. The first-order valence-electron chi connectivity index (χ1n) is 10.5. The fourth-order valence-electron chi connectivity index (χ4n) is 3.30. The minimum absolute atomic E-state index is 0.362. The van der Waals surface area contributed by atoms with Crippen LogP contribution in [0.2, 0.25) is 0 Å². The fourth-order valence-corrected chi connectivity index (χ4v) is 3.30. The van der Waals surface area contributed by atoms with Crippen LogP contribution in [-0.4, -0.2) is 28.8 Å². The van der Waals surface area contributed by atoms with Crippen molar-refractivity contribution in [1.29, 1.82) is 5.26 Å². The summed E-state index contributed by atoms with van der Waals surface area (Å²) in [6, 6.07) is 26.6. The molecule has 1 aromatic heterocycles. The summed E-state index contributed by atoms with van der Waals surface area (Å²) in [5.74, 6) is -0.424. The maximum absolute atomic E-state index is 12.6. The van der Waals surface area contributed by atoms with Crippen LogP contribution in [0, 0.1) is 11.3 Å². The molecular formula is C26H22N6O. The Labute approximate surface area is 192 Å². The van der Waals surface area contributed by atoms with Crippen LogP contribution in [0.25, 0.3) is 11.1 Å². The molecule has 7 nitrogen and oxygen atoms in total. The lowest BCUT2D eigenvalue weighted by molar-refractivity contribution is 0.100. The average Bonchev–Trinajstić information content (AvgIpc) is 3.40. The summed E-state index contributed by atoms with van der Waals surface area (Å²) >= 11 is 0. The van der Waals surface area contributed by atoms with Crippen LogP contribution < -0.4 is 10.4 Å². The van der Waals surface area contributed by atoms with Gasteiger partial charge in [-0.1, -0.05) is 48.5 Å². The molecule has 7 heteroatoms. The predicted octanol–water partition coefficient (Wildman–Crippen LogP) is 4.37. The number of carbonyl (C=O) groups is 1. The molecule has 0 radical (unpaired) electrons. The third-order valence-corrected chi connectivity index (χ3v) is 4.99. The van der Waals surface area contributed by atoms with Gasteiger partial charge >= 0.3 is 0 Å². The number of imidazole rings is 1. The van der Waals surface area contributed by atoms with Crippen molar-refractivity contribution in [1.82, 2.24) is 15.4 Å². The molecule has 0 aliphatic carbocycles. The van der Waals surface area contributed by atoms with Crippen molar-refractivity contribution in [2.24, 2.45) is 4.99 Å². The van der Waals surface area contributed by atoms with Crippen molar-refractivity contribution < 1.29 is 4.79 Å². The number of nitrogens with one attached hydrogen (secondary N) is 2. The Morgan fingerprint density at radius 3 is 2.67 bits per heavy atom. The first-order chi connectivity index (χ1) is 16.2. The second-order valence-electron chi connectivity index (χ2n) is 7.26. The topological polar surface area (TPSA) is 97.2 Å². The van der Waals surface area contributed by atoms with Crippen LogP contribution in [0.5, 0.6) is 0 Å². The molecule has 4 rings (SSSR count). The number of carbonyl (C=O) groups excluding carboxylic acids is 1. The van der Waals surface area contributed by atoms with Gasteiger partial charge in [0, 0.05) is 30.4 Å². The molecule has 0 aliphatic rings. The Morgan fingerprint density at radius 1 is 1.06 bits per heavy atom. The number of hydrazine groups is 1. The quantitative estimate of drug-likeness (QED) is 0.244. The largest absolute Gasteiger partial charge is 0.348 e. The highest BCUT2D eigenvalue weighted by Gasteiger charge is 2.09. The molecule has 162 valence electrons. The first-order valence-corrected chi connectivity index (χ1v) is 10.5. The molecule has 1 amide bonds. The molecular weight excluding hydrogens is 412 g/mol. The number of nitrogens with zero attached hydrogens (tertiary/aromatic N) is 4. The molecule has 4 aromatic rings. The normalized spacial score (nSPS) is 10.8. The number of aromatic nitrogens is 2. The van der Waals surface area contributed by atoms with Crippen LogP contribution in [0.1, 0.15) is 21.6 Å². The van der Waals surface area contributed by atoms with Gasteiger partial charge in [-0.05, 0) is 41.5 Å². The van der Waals surface area contributed by atoms with E-state index in [0.29, 0.717) is 17.7 Å². The highest BCUT2D eigenvalue weighted by molar-refractivity contribution is 6.01. The highest BCUT2D eigenvalue weighted by Crippen LogP contribution is 2.23. The van der Waals surface area contributed by atoms with Crippen LogP contribution in [-0.2, 0) is 6.42 Å². The van der Waals surface area contributed by atoms with Crippen molar-refractivity contribution in [2.45, 2.75) is 6.42 Å². The fraction of sp³-hybridized carbons (Fsp3) is 0.0769. The molecule has 33 heavy (non-hydrogen) atoms. The van der Waals surface area contributed by atoms with Gasteiger partial charge in [-0.2, -0.15) is 10.3 Å². The molecule has 0 aliphatic heterocycles. The van der Waals surface area contributed by atoms with E-state index in [1.807, 2.05) is 48.5 Å². The molecule has 0 fully saturated rings. The van der Waals surface area contributed by atoms with E-state index in [1.54, 1.807) is 35.7 Å². The van der Waals surface area contributed by atoms with Gasteiger partial charge in [0.2, 0.25) is 0 Å². The van der Waals surface area contributed by atoms with Gasteiger partial charge in [-0.25, -0.2) is 10.4 Å². The lowest BCUT2D eigenvalue weighted by Gasteiger charge is -2.21. The molecule has 0 saturated carbocycles. The molecule has 0 bridgehead atoms. The molecule has 0 unspecified atom stereocenters. The SMILES string of the molecule is N#Cc1cccc(C(=O)N=CN(NCCc2cnc[nH]2)c2cccc(-c3ccccc3)c2)c1. The summed E-state index contributed by atoms with van der Waals surface area (Å²) in [6.07, 6.45) is 5.62. The molecule has 2 N–H and O–H groups in total. The lowest BCUT2D eigenvalue weighted by atomic mass is 10.1. The zero-order chi connectivity index (χ0) is 22.9. The summed E-state index contributed by atoms with van der Waals surface area (Å²) < 4.78 is 0. The smallest absolute Gasteiger partial charge is 0.278 e. The van der Waals surface area contributed by atoms with Gasteiger partial charge in [0.05, 0.1) is 23.6 Å². The summed E-state index contributed by atoms with van der Waals surface area (Å²) in [5, 5.41) is 10.8. The molecule has 0 atom stereocenters. The minimum atomic E-state index is -0.424. The maximum Gasteiger partial charge on any atom is 0.278 e. The zero-order valence-corrected chi connectivity index (χ0v) is 17.8. The van der Waals surface area contributed by atoms with E-state index in [2.05, 4.69) is 32.5 Å². The van der Waals surface area contributed by atoms with Crippen molar-refractivity contribution >= 4 is 17.9 Å². The molecule has 1 heterocycles. The van der Waals surface area contributed by atoms with E-state index in [4.69, 9.17) is 5.26 Å². The number of amides is 1. The Bertz CT molecular complexity index is 1280. The van der Waals surface area contributed by atoms with Gasteiger partial charge < -0.3 is 4.98 Å². The maximum atomic E-state index is 12.6. The minimum Gasteiger partial charge on any atom is -0.348 e. The van der Waals surface area contributed by atoms with E-state index in [-0.39, 0.29) is 0 Å². The van der Waals surface area contributed by atoms with Gasteiger partial charge in [0.25, 0.3) is 5.91 Å². The number of rotatable bonds is 8. The van der Waals surface area contributed by atoms with Crippen molar-refractivity contribution in [2.75, 3.05) is 11.6 Å². The van der Waals surface area contributed by atoms with Crippen molar-refractivity contribution in [3.05, 3.63) is 108 Å². The standard InChI is InChI=1S/C26H22N6O/c27-16-20-6-4-10-23(14-20)26(33)30-19-32(31-13-12-24-17-28-18-29-24)25-11-5-9-22(15-25)21-7-2-1-3-8-21/h1-11,14-15,17-19,31H,12-13H2,(H,28,29). The summed E-state index contributed by atoms with van der Waals surface area (Å²) in [5.41, 5.74) is 8.08. The van der Waals surface area contributed by atoms with Crippen LogP contribution >= 0.6 is 0 Å². The summed E-state index contributed by atoms with van der Waals surface area (Å²) in [7, 11) is 0. The second-order valence-corrected chi connectivity index (χ2v) is 7.26. The Hall–Kier alpha value is -4.54. The average molecular weight is 435 g/mol. The Morgan fingerprint density at radius 2 is 1.88 bits per heavy atom. The number of aliphatic imine (C=N–C) groups is 1. The summed E-state index contributed by atoms with van der Waals surface area (Å²) in [4.78, 5) is 23.9. The molecule has 0 spiro atoms. The number of benzene rings is 3. The van der Waals surface area contributed by atoms with E-state index in [1.165, 1.54) is 12.4 Å². The van der Waals surface area contributed by atoms with Crippen molar-refractivity contribution in [3.63, 3.8) is 0 Å². The Kier molecular flexibility index (Phi) is 7.01. The van der Waals surface area contributed by atoms with Crippen LogP contribution in [0.15, 0.2) is 96.4 Å². The number of aromatic amines is 1. The number of hydrogen-bond donors (Lipinski definition) is 2. The van der Waals surface area contributed by atoms with E-state index >= 15 is 0 Å². The lowest BCUT2D eigenvalue weighted by Crippen LogP contribution is -2.38. The van der Waals surface area contributed by atoms with Crippen molar-refractivity contribution in [3.8, 4) is 17.2 Å². The zero-order valence-electron chi connectivity index (χ0n) is 17.8. The third-order valence-electron chi connectivity index (χ3n) is 4.99. The van der Waals surface area contributed by atoms with Gasteiger partial charge in [0.1, 0.15) is 6.34 Å². The first kappa shape index (κ1) is 21.7. The third kappa shape index (κ3) is 5.79. The highest BCUT2D eigenvalue weighted by atomic mass is 16.1. The second kappa shape index (κ2) is 10.7. The number of nitriles is 1. The number of anilines is 1. The summed E-state index contributed by atoms with van der Waals surface area (Å²) in [6.45, 7) is 0.599. The van der Waals surface area contributed by atoms with Gasteiger partial charge in [-0.15, -0.1) is 0 Å². The van der Waals surface area contributed by atoms with E-state index in [9.17, 15) is 4.79 Å². The number of H-pyrrole nitrogens is 1. The van der Waals surface area contributed by atoms with Crippen LogP contribution in [0.4, 0.5) is 5.69 Å². The van der Waals surface area contributed by atoms with E-state index in [0.717, 1.165) is 28.9 Å². The Balaban J connectivity index is 1.57. The number of hydrogen-bond acceptors (Lipinski definition) is 4. The molecule has 3 aromatic carbocycles. The van der Waals surface area contributed by atoms with E-state index < -0.39 is 5.91 Å².